The lowest BCUT2D eigenvalue weighted by molar-refractivity contribution is -0.126. The number of hydrogen-bond donors (Lipinski definition) is 1. The number of carbonyl (C=O) groups excluding carboxylic acids is 2. The first-order valence-corrected chi connectivity index (χ1v) is 9.94. The van der Waals surface area contributed by atoms with Crippen molar-refractivity contribution < 1.29 is 19.1 Å². The summed E-state index contributed by atoms with van der Waals surface area (Å²) < 4.78 is 12.7. The lowest BCUT2D eigenvalue weighted by Gasteiger charge is -2.18. The maximum Gasteiger partial charge on any atom is 0.227 e. The molecule has 1 unspecified atom stereocenters. The van der Waals surface area contributed by atoms with Crippen LogP contribution in [-0.4, -0.2) is 42.1 Å². The van der Waals surface area contributed by atoms with Crippen LogP contribution in [0, 0.1) is 5.92 Å². The van der Waals surface area contributed by atoms with Gasteiger partial charge in [-0.15, -0.1) is 0 Å². The van der Waals surface area contributed by atoms with E-state index in [0.717, 1.165) is 24.5 Å². The van der Waals surface area contributed by atoms with E-state index in [1.54, 1.807) is 37.3 Å². The summed E-state index contributed by atoms with van der Waals surface area (Å²) in [6, 6.07) is 5.32. The molecule has 2 aliphatic heterocycles. The molecule has 154 valence electrons. The Morgan fingerprint density at radius 3 is 2.83 bits per heavy atom. The second-order valence-electron chi connectivity index (χ2n) is 7.46. The zero-order chi connectivity index (χ0) is 20.4. The van der Waals surface area contributed by atoms with Gasteiger partial charge in [0, 0.05) is 43.9 Å². The smallest absolute Gasteiger partial charge is 0.227 e. The van der Waals surface area contributed by atoms with Crippen molar-refractivity contribution in [3.05, 3.63) is 35.9 Å². The van der Waals surface area contributed by atoms with Gasteiger partial charge in [0.2, 0.25) is 11.8 Å². The Morgan fingerprint density at radius 1 is 1.24 bits per heavy atom. The molecule has 8 nitrogen and oxygen atoms in total. The van der Waals surface area contributed by atoms with Gasteiger partial charge in [0.25, 0.3) is 0 Å². The number of hydrogen-bond acceptors (Lipinski definition) is 5. The number of imidazole rings is 1. The Bertz CT molecular complexity index is 900. The van der Waals surface area contributed by atoms with Crippen molar-refractivity contribution in [3.63, 3.8) is 0 Å². The third-order valence-electron chi connectivity index (χ3n) is 5.58. The molecule has 8 heteroatoms. The SMILES string of the molecule is COc1ccc(N2CC(C(=O)NCc3cn4c(n3)CCCC4)CC2=O)cc1OC. The number of anilines is 1. The van der Waals surface area contributed by atoms with Crippen LogP contribution in [0.25, 0.3) is 0 Å². The van der Waals surface area contributed by atoms with E-state index in [2.05, 4.69) is 14.9 Å². The highest BCUT2D eigenvalue weighted by molar-refractivity contribution is 6.00. The minimum absolute atomic E-state index is 0.0742. The van der Waals surface area contributed by atoms with Gasteiger partial charge in [0.05, 0.1) is 32.4 Å². The number of nitrogens with one attached hydrogen (secondary N) is 1. The van der Waals surface area contributed by atoms with E-state index in [9.17, 15) is 9.59 Å². The first kappa shape index (κ1) is 19.3. The fraction of sp³-hybridized carbons (Fsp3) is 0.476. The summed E-state index contributed by atoms with van der Waals surface area (Å²) in [5.74, 6) is 1.67. The van der Waals surface area contributed by atoms with Crippen molar-refractivity contribution in [2.45, 2.75) is 38.8 Å². The zero-order valence-corrected chi connectivity index (χ0v) is 16.8. The van der Waals surface area contributed by atoms with Crippen LogP contribution >= 0.6 is 0 Å². The van der Waals surface area contributed by atoms with Crippen LogP contribution in [0.5, 0.6) is 11.5 Å². The van der Waals surface area contributed by atoms with Gasteiger partial charge in [-0.05, 0) is 25.0 Å². The lowest BCUT2D eigenvalue weighted by atomic mass is 10.1. The van der Waals surface area contributed by atoms with E-state index >= 15 is 0 Å². The molecule has 1 atom stereocenters. The quantitative estimate of drug-likeness (QED) is 0.803. The molecule has 0 spiro atoms. The molecule has 1 aromatic heterocycles. The Morgan fingerprint density at radius 2 is 2.07 bits per heavy atom. The number of benzene rings is 1. The van der Waals surface area contributed by atoms with E-state index in [-0.39, 0.29) is 24.2 Å². The van der Waals surface area contributed by atoms with Crippen molar-refractivity contribution in [3.8, 4) is 11.5 Å². The number of aromatic nitrogens is 2. The van der Waals surface area contributed by atoms with E-state index in [0.29, 0.717) is 30.3 Å². The number of methoxy groups -OCH3 is 2. The van der Waals surface area contributed by atoms with Gasteiger partial charge >= 0.3 is 0 Å². The summed E-state index contributed by atoms with van der Waals surface area (Å²) in [6.45, 7) is 1.73. The number of ether oxygens (including phenoxy) is 2. The number of amides is 2. The largest absolute Gasteiger partial charge is 0.493 e. The van der Waals surface area contributed by atoms with E-state index in [4.69, 9.17) is 9.47 Å². The van der Waals surface area contributed by atoms with Crippen LogP contribution in [0.1, 0.15) is 30.8 Å². The second kappa shape index (κ2) is 8.14. The standard InChI is InChI=1S/C21H26N4O4/c1-28-17-7-6-16(10-18(17)29-2)25-12-14(9-20(25)26)21(27)22-11-15-13-24-8-4-3-5-19(24)23-15/h6-7,10,13-14H,3-5,8-9,11-12H2,1-2H3,(H,22,27). The summed E-state index contributed by atoms with van der Waals surface area (Å²) in [5, 5.41) is 2.95. The number of nitrogens with zero attached hydrogens (tertiary/aromatic N) is 3. The highest BCUT2D eigenvalue weighted by atomic mass is 16.5. The van der Waals surface area contributed by atoms with Gasteiger partial charge in [-0.25, -0.2) is 4.98 Å². The zero-order valence-electron chi connectivity index (χ0n) is 16.8. The van der Waals surface area contributed by atoms with Crippen molar-refractivity contribution in [2.24, 2.45) is 5.92 Å². The molecule has 4 rings (SSSR count). The first-order chi connectivity index (χ1) is 14.1. The molecule has 0 aliphatic carbocycles. The summed E-state index contributed by atoms with van der Waals surface area (Å²) in [6.07, 6.45) is 5.54. The molecule has 1 fully saturated rings. The summed E-state index contributed by atoms with van der Waals surface area (Å²) >= 11 is 0. The number of rotatable bonds is 6. The third kappa shape index (κ3) is 3.92. The van der Waals surface area contributed by atoms with Gasteiger partial charge in [-0.1, -0.05) is 0 Å². The Balaban J connectivity index is 1.38. The predicted molar refractivity (Wildman–Crippen MR) is 107 cm³/mol. The summed E-state index contributed by atoms with van der Waals surface area (Å²) in [7, 11) is 3.12. The maximum absolute atomic E-state index is 12.6. The molecule has 2 aliphatic rings. The monoisotopic (exact) mass is 398 g/mol. The Hall–Kier alpha value is -3.03. The Labute approximate surface area is 169 Å². The number of aryl methyl sites for hydroxylation is 2. The molecule has 1 N–H and O–H groups in total. The number of carbonyl (C=O) groups is 2. The average molecular weight is 398 g/mol. The topological polar surface area (TPSA) is 85.7 Å². The molecular weight excluding hydrogens is 372 g/mol. The Kier molecular flexibility index (Phi) is 5.42. The fourth-order valence-electron chi connectivity index (χ4n) is 4.00. The highest BCUT2D eigenvalue weighted by Crippen LogP contribution is 2.34. The van der Waals surface area contributed by atoms with Crippen LogP contribution in [-0.2, 0) is 29.1 Å². The normalized spacial score (nSPS) is 18.5. The molecule has 0 radical (unpaired) electrons. The second-order valence-corrected chi connectivity index (χ2v) is 7.46. The van der Waals surface area contributed by atoms with Crippen LogP contribution in [0.4, 0.5) is 5.69 Å². The van der Waals surface area contributed by atoms with Gasteiger partial charge in [-0.3, -0.25) is 9.59 Å². The van der Waals surface area contributed by atoms with Crippen molar-refractivity contribution in [1.82, 2.24) is 14.9 Å². The lowest BCUT2D eigenvalue weighted by Crippen LogP contribution is -2.32. The summed E-state index contributed by atoms with van der Waals surface area (Å²) in [5.41, 5.74) is 1.57. The van der Waals surface area contributed by atoms with Gasteiger partial charge in [0.15, 0.2) is 11.5 Å². The van der Waals surface area contributed by atoms with Crippen molar-refractivity contribution >= 4 is 17.5 Å². The van der Waals surface area contributed by atoms with Crippen LogP contribution in [0.3, 0.4) is 0 Å². The molecule has 2 amide bonds. The molecule has 0 bridgehead atoms. The fourth-order valence-corrected chi connectivity index (χ4v) is 4.00. The predicted octanol–water partition coefficient (Wildman–Crippen LogP) is 1.91. The van der Waals surface area contributed by atoms with Crippen LogP contribution < -0.4 is 19.7 Å². The molecule has 29 heavy (non-hydrogen) atoms. The summed E-state index contributed by atoms with van der Waals surface area (Å²) in [4.78, 5) is 31.4. The van der Waals surface area contributed by atoms with E-state index in [1.165, 1.54) is 12.8 Å². The van der Waals surface area contributed by atoms with Crippen LogP contribution in [0.2, 0.25) is 0 Å². The molecule has 0 saturated carbocycles. The van der Waals surface area contributed by atoms with Gasteiger partial charge in [0.1, 0.15) is 5.82 Å². The highest BCUT2D eigenvalue weighted by Gasteiger charge is 2.35. The van der Waals surface area contributed by atoms with Crippen molar-refractivity contribution in [2.75, 3.05) is 25.7 Å². The first-order valence-electron chi connectivity index (χ1n) is 9.94. The molecule has 1 aromatic carbocycles. The minimum Gasteiger partial charge on any atom is -0.493 e. The number of fused-ring (bicyclic) bond motifs is 1. The van der Waals surface area contributed by atoms with E-state index in [1.807, 2.05) is 6.20 Å². The van der Waals surface area contributed by atoms with Crippen molar-refractivity contribution in [1.29, 1.82) is 0 Å². The minimum atomic E-state index is -0.382. The maximum atomic E-state index is 12.6. The van der Waals surface area contributed by atoms with Gasteiger partial charge < -0.3 is 24.3 Å². The molecule has 2 aromatic rings. The third-order valence-corrected chi connectivity index (χ3v) is 5.58. The van der Waals surface area contributed by atoms with Crippen LogP contribution in [0.15, 0.2) is 24.4 Å². The molecule has 1 saturated heterocycles. The van der Waals surface area contributed by atoms with E-state index < -0.39 is 0 Å². The molecule has 3 heterocycles. The van der Waals surface area contributed by atoms with Gasteiger partial charge in [-0.2, -0.15) is 0 Å². The average Bonchev–Trinajstić information content (AvgIpc) is 3.34. The molecular formula is C21H26N4O4.